The highest BCUT2D eigenvalue weighted by atomic mass is 35.5. The summed E-state index contributed by atoms with van der Waals surface area (Å²) < 4.78 is 27.1. The molecule has 6 heteroatoms. The summed E-state index contributed by atoms with van der Waals surface area (Å²) >= 11 is 5.97. The van der Waals surface area contributed by atoms with Gasteiger partial charge in [0.2, 0.25) is 10.0 Å². The van der Waals surface area contributed by atoms with Gasteiger partial charge in [-0.3, -0.25) is 0 Å². The Bertz CT molecular complexity index is 540. The maximum atomic E-state index is 12.2. The molecular formula is C13H19ClN2O2S. The lowest BCUT2D eigenvalue weighted by atomic mass is 10.0. The highest BCUT2D eigenvalue weighted by Gasteiger charge is 2.20. The molecule has 1 aliphatic heterocycles. The maximum absolute atomic E-state index is 12.2. The van der Waals surface area contributed by atoms with Crippen LogP contribution >= 0.6 is 11.6 Å². The van der Waals surface area contributed by atoms with E-state index in [0.29, 0.717) is 12.5 Å². The van der Waals surface area contributed by atoms with E-state index in [2.05, 4.69) is 10.0 Å². The summed E-state index contributed by atoms with van der Waals surface area (Å²) in [5.41, 5.74) is 0.879. The Morgan fingerprint density at radius 2 is 2.26 bits per heavy atom. The van der Waals surface area contributed by atoms with Crippen LogP contribution in [0.1, 0.15) is 18.4 Å². The van der Waals surface area contributed by atoms with E-state index in [1.165, 1.54) is 0 Å². The molecule has 0 aromatic heterocycles. The first-order valence-corrected chi connectivity index (χ1v) is 8.32. The molecule has 1 heterocycles. The maximum Gasteiger partial charge on any atom is 0.242 e. The average molecular weight is 303 g/mol. The van der Waals surface area contributed by atoms with Gasteiger partial charge < -0.3 is 5.32 Å². The molecule has 0 aliphatic carbocycles. The summed E-state index contributed by atoms with van der Waals surface area (Å²) in [6, 6.07) is 5.02. The molecule has 4 nitrogen and oxygen atoms in total. The molecule has 1 atom stereocenters. The van der Waals surface area contributed by atoms with Crippen LogP contribution < -0.4 is 10.0 Å². The van der Waals surface area contributed by atoms with Gasteiger partial charge in [-0.15, -0.1) is 0 Å². The van der Waals surface area contributed by atoms with E-state index in [4.69, 9.17) is 11.6 Å². The standard InChI is InChI=1S/C13H19ClN2O2S/c1-10-4-5-12(14)13(7-10)19(17,18)16-9-11-3-2-6-15-8-11/h4-5,7,11,15-16H,2-3,6,8-9H2,1H3. The summed E-state index contributed by atoms with van der Waals surface area (Å²) in [6.45, 7) is 4.19. The normalized spacial score (nSPS) is 20.4. The lowest BCUT2D eigenvalue weighted by molar-refractivity contribution is 0.376. The fraction of sp³-hybridized carbons (Fsp3) is 0.538. The summed E-state index contributed by atoms with van der Waals surface area (Å²) in [6.07, 6.45) is 2.15. The van der Waals surface area contributed by atoms with Crippen molar-refractivity contribution in [1.82, 2.24) is 10.0 Å². The molecule has 1 aliphatic rings. The fourth-order valence-electron chi connectivity index (χ4n) is 2.22. The minimum atomic E-state index is -3.52. The fourth-order valence-corrected chi connectivity index (χ4v) is 3.92. The van der Waals surface area contributed by atoms with Gasteiger partial charge in [-0.25, -0.2) is 13.1 Å². The van der Waals surface area contributed by atoms with Gasteiger partial charge in [-0.2, -0.15) is 0 Å². The Labute approximate surface area is 119 Å². The number of halogens is 1. The van der Waals surface area contributed by atoms with E-state index in [1.807, 2.05) is 6.92 Å². The highest BCUT2D eigenvalue weighted by molar-refractivity contribution is 7.89. The van der Waals surface area contributed by atoms with E-state index in [1.54, 1.807) is 18.2 Å². The van der Waals surface area contributed by atoms with Crippen LogP contribution in [0.15, 0.2) is 23.1 Å². The molecule has 106 valence electrons. The largest absolute Gasteiger partial charge is 0.316 e. The van der Waals surface area contributed by atoms with E-state index < -0.39 is 10.0 Å². The smallest absolute Gasteiger partial charge is 0.242 e. The highest BCUT2D eigenvalue weighted by Crippen LogP contribution is 2.22. The zero-order valence-electron chi connectivity index (χ0n) is 10.9. The summed E-state index contributed by atoms with van der Waals surface area (Å²) in [5.74, 6) is 0.354. The number of hydrogen-bond acceptors (Lipinski definition) is 3. The summed E-state index contributed by atoms with van der Waals surface area (Å²) in [7, 11) is -3.52. The molecule has 0 bridgehead atoms. The van der Waals surface area contributed by atoms with E-state index >= 15 is 0 Å². The Morgan fingerprint density at radius 3 is 2.95 bits per heavy atom. The molecule has 2 rings (SSSR count). The monoisotopic (exact) mass is 302 g/mol. The predicted molar refractivity (Wildman–Crippen MR) is 77.0 cm³/mol. The van der Waals surface area contributed by atoms with Crippen LogP contribution in [-0.2, 0) is 10.0 Å². The number of piperidine rings is 1. The predicted octanol–water partition coefficient (Wildman–Crippen LogP) is 1.93. The number of sulfonamides is 1. The average Bonchev–Trinajstić information content (AvgIpc) is 2.40. The molecule has 1 saturated heterocycles. The molecule has 0 saturated carbocycles. The third-order valence-electron chi connectivity index (χ3n) is 3.34. The third kappa shape index (κ3) is 3.92. The second kappa shape index (κ2) is 6.22. The van der Waals surface area contributed by atoms with Crippen LogP contribution in [0.3, 0.4) is 0 Å². The van der Waals surface area contributed by atoms with Gasteiger partial charge in [0.25, 0.3) is 0 Å². The van der Waals surface area contributed by atoms with Gasteiger partial charge in [0.1, 0.15) is 4.90 Å². The van der Waals surface area contributed by atoms with Crippen LogP contribution in [0.5, 0.6) is 0 Å². The quantitative estimate of drug-likeness (QED) is 0.893. The van der Waals surface area contributed by atoms with E-state index in [-0.39, 0.29) is 9.92 Å². The number of aryl methyl sites for hydroxylation is 1. The van der Waals surface area contributed by atoms with E-state index in [0.717, 1.165) is 31.5 Å². The van der Waals surface area contributed by atoms with Crippen molar-refractivity contribution < 1.29 is 8.42 Å². The number of nitrogens with one attached hydrogen (secondary N) is 2. The second-order valence-corrected chi connectivity index (χ2v) is 7.14. The van der Waals surface area contributed by atoms with Crippen molar-refractivity contribution in [3.63, 3.8) is 0 Å². The van der Waals surface area contributed by atoms with Crippen molar-refractivity contribution in [2.45, 2.75) is 24.7 Å². The van der Waals surface area contributed by atoms with Gasteiger partial charge in [-0.05, 0) is 56.5 Å². The topological polar surface area (TPSA) is 58.2 Å². The molecule has 1 fully saturated rings. The first kappa shape index (κ1) is 14.8. The molecule has 1 aromatic rings. The molecular weight excluding hydrogens is 284 g/mol. The van der Waals surface area contributed by atoms with Crippen LogP contribution in [0.25, 0.3) is 0 Å². The van der Waals surface area contributed by atoms with Crippen molar-refractivity contribution >= 4 is 21.6 Å². The SMILES string of the molecule is Cc1ccc(Cl)c(S(=O)(=O)NCC2CCCNC2)c1. The molecule has 19 heavy (non-hydrogen) atoms. The first-order valence-electron chi connectivity index (χ1n) is 6.45. The van der Waals surface area contributed by atoms with Crippen LogP contribution in [0.4, 0.5) is 0 Å². The third-order valence-corrected chi connectivity index (χ3v) is 5.24. The van der Waals surface area contributed by atoms with Crippen LogP contribution in [0.2, 0.25) is 5.02 Å². The van der Waals surface area contributed by atoms with Crippen molar-refractivity contribution in [3.05, 3.63) is 28.8 Å². The minimum Gasteiger partial charge on any atom is -0.316 e. The number of benzene rings is 1. The Balaban J connectivity index is 2.07. The van der Waals surface area contributed by atoms with Gasteiger partial charge in [-0.1, -0.05) is 17.7 Å². The lowest BCUT2D eigenvalue weighted by Crippen LogP contribution is -2.38. The summed E-state index contributed by atoms with van der Waals surface area (Å²) in [4.78, 5) is 0.165. The van der Waals surface area contributed by atoms with Crippen LogP contribution in [0, 0.1) is 12.8 Å². The van der Waals surface area contributed by atoms with Crippen molar-refractivity contribution in [3.8, 4) is 0 Å². The lowest BCUT2D eigenvalue weighted by Gasteiger charge is -2.23. The zero-order chi connectivity index (χ0) is 13.9. The van der Waals surface area contributed by atoms with Gasteiger partial charge >= 0.3 is 0 Å². The molecule has 0 amide bonds. The number of rotatable bonds is 4. The molecule has 1 unspecified atom stereocenters. The van der Waals surface area contributed by atoms with E-state index in [9.17, 15) is 8.42 Å². The second-order valence-electron chi connectivity index (χ2n) is 5.00. The first-order chi connectivity index (χ1) is 8.99. The summed E-state index contributed by atoms with van der Waals surface area (Å²) in [5, 5.41) is 3.53. The number of hydrogen-bond donors (Lipinski definition) is 2. The van der Waals surface area contributed by atoms with Crippen molar-refractivity contribution in [2.24, 2.45) is 5.92 Å². The minimum absolute atomic E-state index is 0.165. The molecule has 2 N–H and O–H groups in total. The van der Waals surface area contributed by atoms with Crippen LogP contribution in [-0.4, -0.2) is 28.1 Å². The van der Waals surface area contributed by atoms with Gasteiger partial charge in [0, 0.05) is 6.54 Å². The molecule has 0 radical (unpaired) electrons. The zero-order valence-corrected chi connectivity index (χ0v) is 12.5. The van der Waals surface area contributed by atoms with Gasteiger partial charge in [0.05, 0.1) is 5.02 Å². The van der Waals surface area contributed by atoms with Crippen molar-refractivity contribution in [2.75, 3.05) is 19.6 Å². The Kier molecular flexibility index (Phi) is 4.84. The molecule has 0 spiro atoms. The molecule has 1 aromatic carbocycles. The Hall–Kier alpha value is -0.620. The van der Waals surface area contributed by atoms with Gasteiger partial charge in [0.15, 0.2) is 0 Å². The van der Waals surface area contributed by atoms with Crippen molar-refractivity contribution in [1.29, 1.82) is 0 Å². The Morgan fingerprint density at radius 1 is 1.47 bits per heavy atom.